The maximum absolute atomic E-state index is 13.4. The molecule has 1 aromatic carbocycles. The predicted molar refractivity (Wildman–Crippen MR) is 74.0 cm³/mol. The van der Waals surface area contributed by atoms with E-state index in [9.17, 15) is 4.39 Å². The van der Waals surface area contributed by atoms with Gasteiger partial charge in [-0.15, -0.1) is 0 Å². The Hall–Kier alpha value is -1.26. The molecule has 1 unspecified atom stereocenters. The van der Waals surface area contributed by atoms with Gasteiger partial charge in [-0.2, -0.15) is 0 Å². The molecule has 0 amide bonds. The summed E-state index contributed by atoms with van der Waals surface area (Å²) in [5.74, 6) is -0.250. The third-order valence-electron chi connectivity index (χ3n) is 2.74. The van der Waals surface area contributed by atoms with E-state index in [1.54, 1.807) is 12.4 Å². The van der Waals surface area contributed by atoms with Crippen LogP contribution in [0.4, 0.5) is 4.39 Å². The Kier molecular flexibility index (Phi) is 4.09. The van der Waals surface area contributed by atoms with E-state index in [0.29, 0.717) is 0 Å². The topological polar surface area (TPSA) is 24.9 Å². The van der Waals surface area contributed by atoms with Gasteiger partial charge in [-0.05, 0) is 48.9 Å². The van der Waals surface area contributed by atoms with Gasteiger partial charge in [0.2, 0.25) is 0 Å². The second kappa shape index (κ2) is 5.59. The van der Waals surface area contributed by atoms with Gasteiger partial charge in [-0.3, -0.25) is 4.98 Å². The van der Waals surface area contributed by atoms with Gasteiger partial charge in [0.15, 0.2) is 0 Å². The first kappa shape index (κ1) is 13.2. The van der Waals surface area contributed by atoms with Gasteiger partial charge < -0.3 is 5.32 Å². The third kappa shape index (κ3) is 2.94. The minimum absolute atomic E-state index is 0.0654. The zero-order chi connectivity index (χ0) is 13.1. The molecular weight excluding hydrogens is 295 g/mol. The minimum Gasteiger partial charge on any atom is -0.309 e. The Balaban J connectivity index is 2.45. The van der Waals surface area contributed by atoms with Crippen molar-refractivity contribution in [3.05, 3.63) is 63.6 Å². The van der Waals surface area contributed by atoms with E-state index in [2.05, 4.69) is 26.2 Å². The van der Waals surface area contributed by atoms with Gasteiger partial charge in [0.05, 0.1) is 6.04 Å². The van der Waals surface area contributed by atoms with Gasteiger partial charge in [0, 0.05) is 16.9 Å². The van der Waals surface area contributed by atoms with Gasteiger partial charge in [-0.25, -0.2) is 4.39 Å². The molecule has 94 valence electrons. The van der Waals surface area contributed by atoms with Crippen molar-refractivity contribution in [2.45, 2.75) is 13.0 Å². The summed E-state index contributed by atoms with van der Waals surface area (Å²) < 4.78 is 14.2. The number of nitrogens with one attached hydrogen (secondary N) is 1. The normalized spacial score (nSPS) is 12.4. The van der Waals surface area contributed by atoms with Crippen molar-refractivity contribution in [3.8, 4) is 0 Å². The van der Waals surface area contributed by atoms with Crippen LogP contribution in [-0.4, -0.2) is 12.0 Å². The molecule has 1 atom stereocenters. The minimum atomic E-state index is -0.250. The van der Waals surface area contributed by atoms with Gasteiger partial charge in [0.25, 0.3) is 0 Å². The highest BCUT2D eigenvalue weighted by molar-refractivity contribution is 9.10. The average molecular weight is 309 g/mol. The number of nitrogens with zero attached hydrogens (tertiary/aromatic N) is 1. The Bertz CT molecular complexity index is 537. The van der Waals surface area contributed by atoms with Crippen LogP contribution in [-0.2, 0) is 0 Å². The predicted octanol–water partition coefficient (Wildman–Crippen LogP) is 3.60. The van der Waals surface area contributed by atoms with E-state index >= 15 is 0 Å². The summed E-state index contributed by atoms with van der Waals surface area (Å²) in [5.41, 5.74) is 2.98. The number of aryl methyl sites for hydroxylation is 1. The molecule has 0 radical (unpaired) electrons. The molecule has 0 bridgehead atoms. The zero-order valence-corrected chi connectivity index (χ0v) is 11.8. The molecule has 4 heteroatoms. The van der Waals surface area contributed by atoms with E-state index in [1.807, 2.05) is 26.1 Å². The lowest BCUT2D eigenvalue weighted by Gasteiger charge is -2.17. The highest BCUT2D eigenvalue weighted by atomic mass is 79.9. The van der Waals surface area contributed by atoms with Crippen LogP contribution >= 0.6 is 15.9 Å². The number of rotatable bonds is 3. The maximum Gasteiger partial charge on any atom is 0.124 e. The molecule has 2 rings (SSSR count). The van der Waals surface area contributed by atoms with Crippen LogP contribution in [0, 0.1) is 12.7 Å². The third-order valence-corrected chi connectivity index (χ3v) is 3.19. The van der Waals surface area contributed by atoms with Crippen molar-refractivity contribution < 1.29 is 4.39 Å². The summed E-state index contributed by atoms with van der Waals surface area (Å²) in [5, 5.41) is 3.19. The number of benzene rings is 1. The van der Waals surface area contributed by atoms with E-state index in [0.717, 1.165) is 21.2 Å². The first-order chi connectivity index (χ1) is 8.60. The van der Waals surface area contributed by atoms with E-state index in [-0.39, 0.29) is 11.9 Å². The van der Waals surface area contributed by atoms with Crippen LogP contribution in [0.3, 0.4) is 0 Å². The van der Waals surface area contributed by atoms with Crippen molar-refractivity contribution >= 4 is 15.9 Å². The molecule has 18 heavy (non-hydrogen) atoms. The number of halogens is 2. The smallest absolute Gasteiger partial charge is 0.124 e. The molecule has 1 heterocycles. The highest BCUT2D eigenvalue weighted by Crippen LogP contribution is 2.25. The first-order valence-corrected chi connectivity index (χ1v) is 6.44. The lowest BCUT2D eigenvalue weighted by atomic mass is 9.99. The highest BCUT2D eigenvalue weighted by Gasteiger charge is 2.14. The Labute approximate surface area is 114 Å². The van der Waals surface area contributed by atoms with Crippen LogP contribution in [0.5, 0.6) is 0 Å². The summed E-state index contributed by atoms with van der Waals surface area (Å²) in [6.07, 6.45) is 3.60. The fraction of sp³-hybridized carbons (Fsp3) is 0.214. The van der Waals surface area contributed by atoms with Crippen molar-refractivity contribution in [1.82, 2.24) is 10.3 Å². The SMILES string of the molecule is CNC(c1cncc(C)c1)c1cc(F)cc(Br)c1. The molecule has 1 aromatic heterocycles. The quantitative estimate of drug-likeness (QED) is 0.937. The maximum atomic E-state index is 13.4. The molecule has 1 N–H and O–H groups in total. The summed E-state index contributed by atoms with van der Waals surface area (Å²) in [4.78, 5) is 4.18. The first-order valence-electron chi connectivity index (χ1n) is 5.65. The molecule has 0 aliphatic rings. The van der Waals surface area contributed by atoms with E-state index in [4.69, 9.17) is 0 Å². The summed E-state index contributed by atoms with van der Waals surface area (Å²) >= 11 is 3.31. The Morgan fingerprint density at radius 1 is 1.17 bits per heavy atom. The zero-order valence-electron chi connectivity index (χ0n) is 10.2. The number of hydrogen-bond donors (Lipinski definition) is 1. The fourth-order valence-corrected chi connectivity index (χ4v) is 2.49. The second-order valence-electron chi connectivity index (χ2n) is 4.22. The van der Waals surface area contributed by atoms with Crippen molar-refractivity contribution in [2.75, 3.05) is 7.05 Å². The second-order valence-corrected chi connectivity index (χ2v) is 5.14. The lowest BCUT2D eigenvalue weighted by Crippen LogP contribution is -2.18. The largest absolute Gasteiger partial charge is 0.309 e. The average Bonchev–Trinajstić information content (AvgIpc) is 2.28. The van der Waals surface area contributed by atoms with E-state index < -0.39 is 0 Å². The van der Waals surface area contributed by atoms with Gasteiger partial charge in [0.1, 0.15) is 5.82 Å². The van der Waals surface area contributed by atoms with Crippen LogP contribution in [0.2, 0.25) is 0 Å². The number of hydrogen-bond acceptors (Lipinski definition) is 2. The van der Waals surface area contributed by atoms with Crippen LogP contribution in [0.1, 0.15) is 22.7 Å². The Morgan fingerprint density at radius 2 is 1.94 bits per heavy atom. The fourth-order valence-electron chi connectivity index (χ4n) is 2.00. The molecule has 0 aliphatic heterocycles. The molecule has 2 nitrogen and oxygen atoms in total. The van der Waals surface area contributed by atoms with Gasteiger partial charge >= 0.3 is 0 Å². The molecule has 0 aliphatic carbocycles. The van der Waals surface area contributed by atoms with E-state index in [1.165, 1.54) is 12.1 Å². The molecule has 0 saturated heterocycles. The van der Waals surface area contributed by atoms with Crippen molar-refractivity contribution in [2.24, 2.45) is 0 Å². The summed E-state index contributed by atoms with van der Waals surface area (Å²) in [6, 6.07) is 6.88. The van der Waals surface area contributed by atoms with Crippen molar-refractivity contribution in [1.29, 1.82) is 0 Å². The lowest BCUT2D eigenvalue weighted by molar-refractivity contribution is 0.615. The monoisotopic (exact) mass is 308 g/mol. The van der Waals surface area contributed by atoms with Gasteiger partial charge in [-0.1, -0.05) is 22.0 Å². The molecule has 0 saturated carbocycles. The summed E-state index contributed by atoms with van der Waals surface area (Å²) in [6.45, 7) is 1.99. The standard InChI is InChI=1S/C14H14BrFN2/c1-9-3-11(8-18-7-9)14(17-2)10-4-12(15)6-13(16)5-10/h3-8,14,17H,1-2H3. The number of aromatic nitrogens is 1. The molecule has 0 fully saturated rings. The number of pyridine rings is 1. The van der Waals surface area contributed by atoms with Crippen LogP contribution in [0.25, 0.3) is 0 Å². The summed E-state index contributed by atoms with van der Waals surface area (Å²) in [7, 11) is 1.85. The molecular formula is C14H14BrFN2. The van der Waals surface area contributed by atoms with Crippen LogP contribution < -0.4 is 5.32 Å². The van der Waals surface area contributed by atoms with Crippen molar-refractivity contribution in [3.63, 3.8) is 0 Å². The Morgan fingerprint density at radius 3 is 2.56 bits per heavy atom. The molecule has 0 spiro atoms. The van der Waals surface area contributed by atoms with Crippen LogP contribution in [0.15, 0.2) is 41.1 Å². The molecule has 2 aromatic rings.